The van der Waals surface area contributed by atoms with Crippen molar-refractivity contribution in [2.45, 2.75) is 6.42 Å². The topological polar surface area (TPSA) is 54.7 Å². The fourth-order valence-corrected chi connectivity index (χ4v) is 1.93. The summed E-state index contributed by atoms with van der Waals surface area (Å²) in [6.45, 7) is 0.557. The third kappa shape index (κ3) is 2.45. The smallest absolute Gasteiger partial charge is 0.150 e. The first-order valence-corrected chi connectivity index (χ1v) is 6.08. The van der Waals surface area contributed by atoms with E-state index in [4.69, 9.17) is 17.3 Å². The number of aromatic amines is 1. The van der Waals surface area contributed by atoms with Crippen LogP contribution < -0.4 is 5.73 Å². The van der Waals surface area contributed by atoms with E-state index in [1.807, 2.05) is 24.3 Å². The Hall–Kier alpha value is -0.840. The summed E-state index contributed by atoms with van der Waals surface area (Å²) >= 11 is 9.39. The molecule has 0 saturated carbocycles. The number of hydrogen-bond acceptors (Lipinski definition) is 2. The predicted molar refractivity (Wildman–Crippen MR) is 69.5 cm³/mol. The van der Waals surface area contributed by atoms with Crippen LogP contribution in [-0.2, 0) is 6.42 Å². The molecule has 16 heavy (non-hydrogen) atoms. The molecule has 0 atom stereocenters. The Morgan fingerprint density at radius 3 is 2.62 bits per heavy atom. The second kappa shape index (κ2) is 4.99. The Kier molecular flexibility index (Phi) is 3.63. The second-order valence-electron chi connectivity index (χ2n) is 3.40. The predicted octanol–water partition coefficient (Wildman–Crippen LogP) is 2.99. The fourth-order valence-electron chi connectivity index (χ4n) is 1.44. The number of imidazole rings is 1. The van der Waals surface area contributed by atoms with E-state index < -0.39 is 0 Å². The molecule has 0 fully saturated rings. The zero-order valence-corrected chi connectivity index (χ0v) is 10.8. The van der Waals surface area contributed by atoms with E-state index in [1.165, 1.54) is 0 Å². The van der Waals surface area contributed by atoms with E-state index in [9.17, 15) is 0 Å². The van der Waals surface area contributed by atoms with Crippen molar-refractivity contribution in [3.63, 3.8) is 0 Å². The molecule has 0 radical (unpaired) electrons. The van der Waals surface area contributed by atoms with Gasteiger partial charge in [-0.3, -0.25) is 0 Å². The number of nitrogens with one attached hydrogen (secondary N) is 1. The monoisotopic (exact) mass is 299 g/mol. The summed E-state index contributed by atoms with van der Waals surface area (Å²) < 4.78 is 1.04. The molecule has 2 aromatic rings. The van der Waals surface area contributed by atoms with Gasteiger partial charge >= 0.3 is 0 Å². The molecule has 1 aromatic carbocycles. The van der Waals surface area contributed by atoms with Gasteiger partial charge in [-0.1, -0.05) is 39.7 Å². The number of H-pyrrole nitrogens is 1. The van der Waals surface area contributed by atoms with Gasteiger partial charge < -0.3 is 10.7 Å². The van der Waals surface area contributed by atoms with Crippen molar-refractivity contribution in [1.82, 2.24) is 9.97 Å². The summed E-state index contributed by atoms with van der Waals surface area (Å²) in [5.41, 5.74) is 7.38. The van der Waals surface area contributed by atoms with Crippen molar-refractivity contribution in [2.24, 2.45) is 5.73 Å². The lowest BCUT2D eigenvalue weighted by Crippen LogP contribution is -2.03. The summed E-state index contributed by atoms with van der Waals surface area (Å²) in [6, 6.07) is 7.89. The van der Waals surface area contributed by atoms with Gasteiger partial charge in [0.25, 0.3) is 0 Å². The van der Waals surface area contributed by atoms with E-state index in [-0.39, 0.29) is 0 Å². The van der Waals surface area contributed by atoms with Crippen LogP contribution in [0.3, 0.4) is 0 Å². The highest BCUT2D eigenvalue weighted by Gasteiger charge is 2.08. The molecule has 2 rings (SSSR count). The van der Waals surface area contributed by atoms with Crippen LogP contribution >= 0.6 is 27.5 Å². The number of aromatic nitrogens is 2. The number of nitrogens with two attached hydrogens (primary N) is 1. The molecule has 0 amide bonds. The molecule has 84 valence electrons. The summed E-state index contributed by atoms with van der Waals surface area (Å²) in [6.07, 6.45) is 0.711. The number of hydrogen-bond donors (Lipinski definition) is 2. The number of nitrogens with zero attached hydrogens (tertiary/aromatic N) is 1. The molecule has 3 N–H and O–H groups in total. The van der Waals surface area contributed by atoms with Crippen LogP contribution in [0.1, 0.15) is 5.69 Å². The minimum Gasteiger partial charge on any atom is -0.341 e. The van der Waals surface area contributed by atoms with Crippen LogP contribution in [0.4, 0.5) is 0 Å². The van der Waals surface area contributed by atoms with Crippen LogP contribution in [0, 0.1) is 0 Å². The Morgan fingerprint density at radius 1 is 1.31 bits per heavy atom. The van der Waals surface area contributed by atoms with Crippen LogP contribution in [-0.4, -0.2) is 16.5 Å². The number of rotatable bonds is 3. The van der Waals surface area contributed by atoms with Gasteiger partial charge in [-0.25, -0.2) is 4.98 Å². The molecule has 0 bridgehead atoms. The number of benzene rings is 1. The van der Waals surface area contributed by atoms with Crippen LogP contribution in [0.5, 0.6) is 0 Å². The Morgan fingerprint density at radius 2 is 2.00 bits per heavy atom. The molecule has 0 aliphatic rings. The highest BCUT2D eigenvalue weighted by molar-refractivity contribution is 9.10. The maximum atomic E-state index is 6.00. The highest BCUT2D eigenvalue weighted by atomic mass is 79.9. The third-order valence-corrected chi connectivity index (χ3v) is 3.08. The fraction of sp³-hybridized carbons (Fsp3) is 0.182. The zero-order valence-electron chi connectivity index (χ0n) is 8.50. The van der Waals surface area contributed by atoms with Crippen LogP contribution in [0.15, 0.2) is 28.7 Å². The van der Waals surface area contributed by atoms with E-state index in [2.05, 4.69) is 25.9 Å². The van der Waals surface area contributed by atoms with Crippen molar-refractivity contribution in [3.8, 4) is 11.4 Å². The van der Waals surface area contributed by atoms with Crippen molar-refractivity contribution < 1.29 is 0 Å². The average molecular weight is 301 g/mol. The quantitative estimate of drug-likeness (QED) is 0.915. The largest absolute Gasteiger partial charge is 0.341 e. The second-order valence-corrected chi connectivity index (χ2v) is 4.67. The van der Waals surface area contributed by atoms with E-state index in [0.29, 0.717) is 18.1 Å². The lowest BCUT2D eigenvalue weighted by molar-refractivity contribution is 0.936. The molecule has 0 aliphatic heterocycles. The van der Waals surface area contributed by atoms with Gasteiger partial charge in [-0.05, 0) is 18.7 Å². The maximum Gasteiger partial charge on any atom is 0.150 e. The molecule has 5 heteroatoms. The minimum absolute atomic E-state index is 0.503. The van der Waals surface area contributed by atoms with Gasteiger partial charge in [-0.2, -0.15) is 0 Å². The first kappa shape index (κ1) is 11.6. The first-order valence-electron chi connectivity index (χ1n) is 4.91. The molecule has 0 spiro atoms. The van der Waals surface area contributed by atoms with Gasteiger partial charge in [-0.15, -0.1) is 0 Å². The minimum atomic E-state index is 0.503. The SMILES string of the molecule is NCCc1[nH]c(-c2ccc(Br)cc2)nc1Cl. The van der Waals surface area contributed by atoms with E-state index in [1.54, 1.807) is 0 Å². The zero-order chi connectivity index (χ0) is 11.5. The Balaban J connectivity index is 2.33. The third-order valence-electron chi connectivity index (χ3n) is 2.24. The molecule has 0 unspecified atom stereocenters. The van der Waals surface area contributed by atoms with Crippen molar-refractivity contribution >= 4 is 27.5 Å². The van der Waals surface area contributed by atoms with Gasteiger partial charge in [0.05, 0.1) is 5.69 Å². The highest BCUT2D eigenvalue weighted by Crippen LogP contribution is 2.23. The summed E-state index contributed by atoms with van der Waals surface area (Å²) in [5, 5.41) is 0.503. The molecular formula is C11H11BrClN3. The average Bonchev–Trinajstić information content (AvgIpc) is 2.62. The van der Waals surface area contributed by atoms with Gasteiger partial charge in [0, 0.05) is 16.5 Å². The molecule has 0 aliphatic carbocycles. The molecule has 1 aromatic heterocycles. The summed E-state index contributed by atoms with van der Waals surface area (Å²) in [4.78, 5) is 7.45. The van der Waals surface area contributed by atoms with E-state index in [0.717, 1.165) is 21.6 Å². The normalized spacial score (nSPS) is 10.7. The Bertz CT molecular complexity index is 478. The van der Waals surface area contributed by atoms with Gasteiger partial charge in [0.15, 0.2) is 5.15 Å². The van der Waals surface area contributed by atoms with Crippen LogP contribution in [0.25, 0.3) is 11.4 Å². The van der Waals surface area contributed by atoms with Crippen molar-refractivity contribution in [2.75, 3.05) is 6.54 Å². The molecule has 1 heterocycles. The van der Waals surface area contributed by atoms with Crippen LogP contribution in [0.2, 0.25) is 5.15 Å². The maximum absolute atomic E-state index is 6.00. The number of halogens is 2. The van der Waals surface area contributed by atoms with Crippen molar-refractivity contribution in [1.29, 1.82) is 0 Å². The Labute approximate surface area is 107 Å². The summed E-state index contributed by atoms with van der Waals surface area (Å²) in [5.74, 6) is 0.779. The summed E-state index contributed by atoms with van der Waals surface area (Å²) in [7, 11) is 0. The standard InChI is InChI=1S/C11H11BrClN3/c12-8-3-1-7(2-4-8)11-15-9(5-6-14)10(13)16-11/h1-4H,5-6,14H2,(H,15,16). The molecule has 3 nitrogen and oxygen atoms in total. The molecule has 0 saturated heterocycles. The van der Waals surface area contributed by atoms with E-state index >= 15 is 0 Å². The van der Waals surface area contributed by atoms with Gasteiger partial charge in [0.1, 0.15) is 5.82 Å². The lowest BCUT2D eigenvalue weighted by Gasteiger charge is -1.96. The molecular weight excluding hydrogens is 289 g/mol. The van der Waals surface area contributed by atoms with Gasteiger partial charge in [0.2, 0.25) is 0 Å². The first-order chi connectivity index (χ1) is 7.70. The lowest BCUT2D eigenvalue weighted by atomic mass is 10.2. The van der Waals surface area contributed by atoms with Crippen molar-refractivity contribution in [3.05, 3.63) is 39.6 Å².